The van der Waals surface area contributed by atoms with Crippen molar-refractivity contribution in [1.82, 2.24) is 0 Å². The molecule has 0 atom stereocenters. The monoisotopic (exact) mass is 502 g/mol. The van der Waals surface area contributed by atoms with Gasteiger partial charge in [0.05, 0.1) is 22.2 Å². The van der Waals surface area contributed by atoms with E-state index in [1.165, 1.54) is 31.4 Å². The minimum atomic E-state index is -0.921. The van der Waals surface area contributed by atoms with Gasteiger partial charge in [0.2, 0.25) is 0 Å². The van der Waals surface area contributed by atoms with Gasteiger partial charge in [0.25, 0.3) is 11.6 Å². The Morgan fingerprint density at radius 1 is 1.26 bits per heavy atom. The van der Waals surface area contributed by atoms with Gasteiger partial charge < -0.3 is 19.9 Å². The molecule has 0 aliphatic rings. The van der Waals surface area contributed by atoms with Crippen LogP contribution in [-0.2, 0) is 9.53 Å². The van der Waals surface area contributed by atoms with E-state index in [1.54, 1.807) is 0 Å². The normalized spacial score (nSPS) is 10.2. The van der Waals surface area contributed by atoms with Crippen molar-refractivity contribution >= 4 is 55.1 Å². The van der Waals surface area contributed by atoms with Crippen molar-refractivity contribution in [2.24, 2.45) is 0 Å². The lowest BCUT2D eigenvalue weighted by Gasteiger charge is -2.11. The smallest absolute Gasteiger partial charge is 0.342 e. The highest BCUT2D eigenvalue weighted by molar-refractivity contribution is 9.11. The van der Waals surface area contributed by atoms with E-state index in [-0.39, 0.29) is 32.9 Å². The zero-order valence-corrected chi connectivity index (χ0v) is 16.9. The van der Waals surface area contributed by atoms with Crippen LogP contribution in [0.2, 0.25) is 0 Å². The molecule has 0 fully saturated rings. The Balaban J connectivity index is 2.08. The molecular formula is C16H12Br2N2O7. The Hall–Kier alpha value is -2.66. The van der Waals surface area contributed by atoms with Crippen molar-refractivity contribution in [2.75, 3.05) is 19.0 Å². The maximum Gasteiger partial charge on any atom is 0.342 e. The number of benzene rings is 2. The molecule has 0 aliphatic heterocycles. The van der Waals surface area contributed by atoms with E-state index in [2.05, 4.69) is 37.2 Å². The van der Waals surface area contributed by atoms with Crippen LogP contribution in [0, 0.1) is 10.1 Å². The number of phenolic OH excluding ortho intramolecular Hbond substituents is 1. The predicted octanol–water partition coefficient (Wildman–Crippen LogP) is 3.63. The quantitative estimate of drug-likeness (QED) is 0.350. The highest BCUT2D eigenvalue weighted by Gasteiger charge is 2.19. The molecule has 0 saturated carbocycles. The first kappa shape index (κ1) is 20.6. The number of nitro groups is 1. The van der Waals surface area contributed by atoms with Crippen LogP contribution in [0.5, 0.6) is 11.5 Å². The number of methoxy groups -OCH3 is 1. The molecule has 27 heavy (non-hydrogen) atoms. The number of amides is 1. The van der Waals surface area contributed by atoms with Gasteiger partial charge in [-0.3, -0.25) is 14.9 Å². The SMILES string of the molecule is COc1ccc([N+](=O)[O-])cc1NC(=O)COC(=O)c1cc(Br)cc(Br)c1O. The Labute approximate surface area is 169 Å². The van der Waals surface area contributed by atoms with E-state index in [0.29, 0.717) is 4.47 Å². The predicted molar refractivity (Wildman–Crippen MR) is 102 cm³/mol. The fraction of sp³-hybridized carbons (Fsp3) is 0.125. The Morgan fingerprint density at radius 3 is 2.59 bits per heavy atom. The van der Waals surface area contributed by atoms with E-state index < -0.39 is 23.4 Å². The van der Waals surface area contributed by atoms with Crippen LogP contribution >= 0.6 is 31.9 Å². The van der Waals surface area contributed by atoms with Crippen LogP contribution in [-0.4, -0.2) is 35.6 Å². The minimum absolute atomic E-state index is 0.0563. The second-order valence-electron chi connectivity index (χ2n) is 5.05. The number of phenols is 1. The van der Waals surface area contributed by atoms with Gasteiger partial charge in [-0.05, 0) is 34.1 Å². The summed E-state index contributed by atoms with van der Waals surface area (Å²) in [5.41, 5.74) is -0.329. The second kappa shape index (κ2) is 8.82. The summed E-state index contributed by atoms with van der Waals surface area (Å²) in [6.45, 7) is -0.672. The molecule has 2 N–H and O–H groups in total. The maximum absolute atomic E-state index is 12.1. The number of halogens is 2. The van der Waals surface area contributed by atoms with Crippen LogP contribution < -0.4 is 10.1 Å². The molecule has 1 amide bonds. The van der Waals surface area contributed by atoms with Gasteiger partial charge in [-0.1, -0.05) is 15.9 Å². The summed E-state index contributed by atoms with van der Waals surface area (Å²) in [6, 6.07) is 6.55. The molecule has 9 nitrogen and oxygen atoms in total. The molecule has 0 aliphatic carbocycles. The lowest BCUT2D eigenvalue weighted by atomic mass is 10.2. The molecule has 0 heterocycles. The van der Waals surface area contributed by atoms with Crippen molar-refractivity contribution in [3.05, 3.63) is 55.0 Å². The van der Waals surface area contributed by atoms with Gasteiger partial charge in [-0.25, -0.2) is 4.79 Å². The number of rotatable bonds is 6. The number of carbonyl (C=O) groups excluding carboxylic acids is 2. The maximum atomic E-state index is 12.1. The molecule has 0 saturated heterocycles. The number of nitro benzene ring substituents is 1. The van der Waals surface area contributed by atoms with Crippen LogP contribution in [0.3, 0.4) is 0 Å². The van der Waals surface area contributed by atoms with Crippen molar-refractivity contribution in [3.8, 4) is 11.5 Å². The summed E-state index contributed by atoms with van der Waals surface area (Å²) in [5.74, 6) is -1.79. The van der Waals surface area contributed by atoms with Gasteiger partial charge >= 0.3 is 5.97 Å². The van der Waals surface area contributed by atoms with E-state index in [1.807, 2.05) is 0 Å². The summed E-state index contributed by atoms with van der Waals surface area (Å²) >= 11 is 6.26. The molecule has 11 heteroatoms. The Morgan fingerprint density at radius 2 is 1.96 bits per heavy atom. The largest absolute Gasteiger partial charge is 0.506 e. The summed E-state index contributed by atoms with van der Waals surface area (Å²) < 4.78 is 10.7. The number of nitrogens with zero attached hydrogens (tertiary/aromatic N) is 1. The van der Waals surface area contributed by atoms with Gasteiger partial charge in [0.1, 0.15) is 17.1 Å². The number of nitrogens with one attached hydrogen (secondary N) is 1. The van der Waals surface area contributed by atoms with Gasteiger partial charge in [0, 0.05) is 16.6 Å². The number of hydrogen-bond donors (Lipinski definition) is 2. The van der Waals surface area contributed by atoms with Gasteiger partial charge in [-0.15, -0.1) is 0 Å². The molecule has 142 valence electrons. The lowest BCUT2D eigenvalue weighted by molar-refractivity contribution is -0.384. The van der Waals surface area contributed by atoms with E-state index in [0.717, 1.165) is 6.07 Å². The third kappa shape index (κ3) is 5.17. The van der Waals surface area contributed by atoms with Crippen molar-refractivity contribution in [3.63, 3.8) is 0 Å². The first-order valence-corrected chi connectivity index (χ1v) is 8.79. The van der Waals surface area contributed by atoms with Crippen LogP contribution in [0.25, 0.3) is 0 Å². The number of hydrogen-bond acceptors (Lipinski definition) is 7. The highest BCUT2D eigenvalue weighted by Crippen LogP contribution is 2.32. The van der Waals surface area contributed by atoms with Crippen LogP contribution in [0.4, 0.5) is 11.4 Å². The zero-order valence-electron chi connectivity index (χ0n) is 13.7. The van der Waals surface area contributed by atoms with E-state index >= 15 is 0 Å². The Bertz CT molecular complexity index is 918. The van der Waals surface area contributed by atoms with Crippen molar-refractivity contribution in [1.29, 1.82) is 0 Å². The first-order chi connectivity index (χ1) is 12.7. The standard InChI is InChI=1S/C16H12Br2N2O7/c1-26-13-3-2-9(20(24)25)6-12(13)19-14(21)7-27-16(23)10-4-8(17)5-11(18)15(10)22/h2-6,22H,7H2,1H3,(H,19,21). The summed E-state index contributed by atoms with van der Waals surface area (Å²) in [6.07, 6.45) is 0. The second-order valence-corrected chi connectivity index (χ2v) is 6.82. The molecule has 2 aromatic rings. The zero-order chi connectivity index (χ0) is 20.1. The van der Waals surface area contributed by atoms with E-state index in [4.69, 9.17) is 9.47 Å². The summed E-state index contributed by atoms with van der Waals surface area (Å²) in [4.78, 5) is 34.3. The lowest BCUT2D eigenvalue weighted by Crippen LogP contribution is -2.21. The first-order valence-electron chi connectivity index (χ1n) is 7.20. The van der Waals surface area contributed by atoms with Crippen molar-refractivity contribution in [2.45, 2.75) is 0 Å². The average molecular weight is 504 g/mol. The molecule has 2 aromatic carbocycles. The molecule has 0 radical (unpaired) electrons. The number of non-ortho nitro benzene ring substituents is 1. The third-order valence-electron chi connectivity index (χ3n) is 3.25. The van der Waals surface area contributed by atoms with Crippen LogP contribution in [0.15, 0.2) is 39.3 Å². The van der Waals surface area contributed by atoms with Crippen molar-refractivity contribution < 1.29 is 29.1 Å². The molecule has 2 rings (SSSR count). The fourth-order valence-corrected chi connectivity index (χ4v) is 3.25. The number of esters is 1. The van der Waals surface area contributed by atoms with Gasteiger partial charge in [-0.2, -0.15) is 0 Å². The number of aromatic hydroxyl groups is 1. The van der Waals surface area contributed by atoms with Crippen LogP contribution in [0.1, 0.15) is 10.4 Å². The average Bonchev–Trinajstić information content (AvgIpc) is 2.62. The molecule has 0 bridgehead atoms. The summed E-state index contributed by atoms with van der Waals surface area (Å²) in [5, 5.41) is 23.1. The third-order valence-corrected chi connectivity index (χ3v) is 4.31. The minimum Gasteiger partial charge on any atom is -0.506 e. The summed E-state index contributed by atoms with van der Waals surface area (Å²) in [7, 11) is 1.34. The number of anilines is 1. The topological polar surface area (TPSA) is 128 Å². The number of carbonyl (C=O) groups is 2. The highest BCUT2D eigenvalue weighted by atomic mass is 79.9. The molecule has 0 unspecified atom stereocenters. The fourth-order valence-electron chi connectivity index (χ4n) is 2.02. The molecule has 0 spiro atoms. The molecule has 0 aromatic heterocycles. The van der Waals surface area contributed by atoms with Gasteiger partial charge in [0.15, 0.2) is 6.61 Å². The Kier molecular flexibility index (Phi) is 6.75. The molecular weight excluding hydrogens is 492 g/mol. The number of ether oxygens (including phenoxy) is 2. The van der Waals surface area contributed by atoms with E-state index in [9.17, 15) is 24.8 Å².